The van der Waals surface area contributed by atoms with Gasteiger partial charge in [0, 0.05) is 26.0 Å². The number of aromatic nitrogens is 2. The minimum absolute atomic E-state index is 0.559. The van der Waals surface area contributed by atoms with Crippen molar-refractivity contribution in [2.45, 2.75) is 38.1 Å². The molecular weight excluding hydrogens is 226 g/mol. The molecule has 0 bridgehead atoms. The summed E-state index contributed by atoms with van der Waals surface area (Å²) < 4.78 is 5.45. The number of piperidine rings is 1. The van der Waals surface area contributed by atoms with E-state index < -0.39 is 0 Å². The van der Waals surface area contributed by atoms with E-state index in [1.54, 1.807) is 0 Å². The Bertz CT molecular complexity index is 346. The molecule has 1 N–H and O–H groups in total. The second-order valence-electron chi connectivity index (χ2n) is 5.57. The van der Waals surface area contributed by atoms with Crippen LogP contribution in [0.5, 0.6) is 0 Å². The summed E-state index contributed by atoms with van der Waals surface area (Å²) in [5, 5.41) is 7.26. The normalized spacial score (nSPS) is 27.4. The van der Waals surface area contributed by atoms with Crippen molar-refractivity contribution in [1.82, 2.24) is 15.1 Å². The van der Waals surface area contributed by atoms with Gasteiger partial charge in [-0.25, -0.2) is 0 Å². The van der Waals surface area contributed by atoms with E-state index in [0.29, 0.717) is 6.04 Å². The molecule has 1 atom stereocenters. The second kappa shape index (κ2) is 5.85. The Kier molecular flexibility index (Phi) is 3.96. The minimum atomic E-state index is 0.559. The monoisotopic (exact) mass is 249 g/mol. The molecule has 0 radical (unpaired) electrons. The zero-order valence-electron chi connectivity index (χ0n) is 11.0. The lowest BCUT2D eigenvalue weighted by molar-refractivity contribution is 0.0377. The molecule has 100 valence electrons. The molecular formula is C14H23N3O. The van der Waals surface area contributed by atoms with Gasteiger partial charge in [-0.15, -0.1) is 0 Å². The van der Waals surface area contributed by atoms with Crippen molar-refractivity contribution >= 4 is 0 Å². The van der Waals surface area contributed by atoms with Crippen LogP contribution in [0.2, 0.25) is 0 Å². The Balaban J connectivity index is 1.64. The van der Waals surface area contributed by atoms with Gasteiger partial charge < -0.3 is 4.74 Å². The average Bonchev–Trinajstić information content (AvgIpc) is 2.94. The third-order valence-corrected chi connectivity index (χ3v) is 4.33. The summed E-state index contributed by atoms with van der Waals surface area (Å²) >= 11 is 0. The Morgan fingerprint density at radius 1 is 1.28 bits per heavy atom. The van der Waals surface area contributed by atoms with Gasteiger partial charge in [0.25, 0.3) is 0 Å². The van der Waals surface area contributed by atoms with E-state index in [1.165, 1.54) is 50.9 Å². The minimum Gasteiger partial charge on any atom is -0.381 e. The molecule has 1 aromatic heterocycles. The maximum Gasteiger partial charge on any atom is 0.0523 e. The molecule has 3 rings (SSSR count). The summed E-state index contributed by atoms with van der Waals surface area (Å²) in [5.74, 6) is 0.822. The Hall–Kier alpha value is -0.870. The van der Waals surface area contributed by atoms with E-state index in [2.05, 4.69) is 21.2 Å². The molecule has 4 heteroatoms. The largest absolute Gasteiger partial charge is 0.381 e. The SMILES string of the molecule is c1cc(C2CCCCN2CC2CCOCC2)[nH]n1. The third-order valence-electron chi connectivity index (χ3n) is 4.33. The van der Waals surface area contributed by atoms with Gasteiger partial charge in [0.15, 0.2) is 0 Å². The number of aromatic amines is 1. The Morgan fingerprint density at radius 2 is 2.17 bits per heavy atom. The first kappa shape index (κ1) is 12.2. The van der Waals surface area contributed by atoms with E-state index in [4.69, 9.17) is 4.74 Å². The highest BCUT2D eigenvalue weighted by Crippen LogP contribution is 2.31. The average molecular weight is 249 g/mol. The molecule has 3 heterocycles. The van der Waals surface area contributed by atoms with Crippen LogP contribution in [-0.4, -0.2) is 41.4 Å². The highest BCUT2D eigenvalue weighted by molar-refractivity contribution is 5.06. The number of ether oxygens (including phenoxy) is 1. The van der Waals surface area contributed by atoms with Crippen LogP contribution < -0.4 is 0 Å². The standard InChI is InChI=1S/C14H23N3O/c1-2-8-17(11-12-5-9-18-10-6-12)14(3-1)13-4-7-15-16-13/h4,7,12,14H,1-3,5-6,8-11H2,(H,15,16). The van der Waals surface area contributed by atoms with Crippen LogP contribution in [0.3, 0.4) is 0 Å². The first-order chi connectivity index (χ1) is 8.93. The molecule has 0 spiro atoms. The maximum absolute atomic E-state index is 5.45. The van der Waals surface area contributed by atoms with Crippen molar-refractivity contribution in [2.75, 3.05) is 26.3 Å². The maximum atomic E-state index is 5.45. The molecule has 0 aliphatic carbocycles. The highest BCUT2D eigenvalue weighted by Gasteiger charge is 2.27. The molecule has 1 unspecified atom stereocenters. The lowest BCUT2D eigenvalue weighted by Crippen LogP contribution is -2.38. The van der Waals surface area contributed by atoms with Crippen molar-refractivity contribution in [1.29, 1.82) is 0 Å². The molecule has 4 nitrogen and oxygen atoms in total. The van der Waals surface area contributed by atoms with Crippen molar-refractivity contribution in [3.8, 4) is 0 Å². The summed E-state index contributed by atoms with van der Waals surface area (Å²) in [5.41, 5.74) is 1.29. The molecule has 2 aliphatic heterocycles. The molecule has 1 aromatic rings. The first-order valence-corrected chi connectivity index (χ1v) is 7.24. The number of nitrogens with zero attached hydrogens (tertiary/aromatic N) is 2. The van der Waals surface area contributed by atoms with Crippen LogP contribution in [0.4, 0.5) is 0 Å². The topological polar surface area (TPSA) is 41.1 Å². The van der Waals surface area contributed by atoms with E-state index in [0.717, 1.165) is 19.1 Å². The van der Waals surface area contributed by atoms with Crippen LogP contribution in [0.1, 0.15) is 43.8 Å². The smallest absolute Gasteiger partial charge is 0.0523 e. The molecule has 2 saturated heterocycles. The summed E-state index contributed by atoms with van der Waals surface area (Å²) in [6, 6.07) is 2.69. The zero-order chi connectivity index (χ0) is 12.2. The Morgan fingerprint density at radius 3 is 2.94 bits per heavy atom. The van der Waals surface area contributed by atoms with Gasteiger partial charge >= 0.3 is 0 Å². The lowest BCUT2D eigenvalue weighted by atomic mass is 9.94. The summed E-state index contributed by atoms with van der Waals surface area (Å²) in [4.78, 5) is 2.66. The fourth-order valence-corrected chi connectivity index (χ4v) is 3.27. The van der Waals surface area contributed by atoms with E-state index in [-0.39, 0.29) is 0 Å². The van der Waals surface area contributed by atoms with Gasteiger partial charge in [0.05, 0.1) is 11.7 Å². The van der Waals surface area contributed by atoms with Gasteiger partial charge in [-0.3, -0.25) is 10.00 Å². The summed E-state index contributed by atoms with van der Waals surface area (Å²) in [6.45, 7) is 4.37. The van der Waals surface area contributed by atoms with Gasteiger partial charge in [0.1, 0.15) is 0 Å². The fraction of sp³-hybridized carbons (Fsp3) is 0.786. The molecule has 2 aliphatic rings. The van der Waals surface area contributed by atoms with E-state index in [9.17, 15) is 0 Å². The number of likely N-dealkylation sites (tertiary alicyclic amines) is 1. The van der Waals surface area contributed by atoms with Crippen LogP contribution in [0.15, 0.2) is 12.3 Å². The van der Waals surface area contributed by atoms with Crippen molar-refractivity contribution in [3.63, 3.8) is 0 Å². The zero-order valence-corrected chi connectivity index (χ0v) is 11.0. The number of H-pyrrole nitrogens is 1. The van der Waals surface area contributed by atoms with Crippen LogP contribution >= 0.6 is 0 Å². The molecule has 18 heavy (non-hydrogen) atoms. The van der Waals surface area contributed by atoms with Gasteiger partial charge in [0.2, 0.25) is 0 Å². The molecule has 2 fully saturated rings. The van der Waals surface area contributed by atoms with Crippen molar-refractivity contribution < 1.29 is 4.74 Å². The quantitative estimate of drug-likeness (QED) is 0.894. The third kappa shape index (κ3) is 2.75. The van der Waals surface area contributed by atoms with Crippen molar-refractivity contribution in [3.05, 3.63) is 18.0 Å². The van der Waals surface area contributed by atoms with Crippen molar-refractivity contribution in [2.24, 2.45) is 5.92 Å². The summed E-state index contributed by atoms with van der Waals surface area (Å²) in [6.07, 6.45) is 8.28. The lowest BCUT2D eigenvalue weighted by Gasteiger charge is -2.38. The fourth-order valence-electron chi connectivity index (χ4n) is 3.27. The highest BCUT2D eigenvalue weighted by atomic mass is 16.5. The van der Waals surface area contributed by atoms with Gasteiger partial charge in [-0.2, -0.15) is 5.10 Å². The first-order valence-electron chi connectivity index (χ1n) is 7.24. The van der Waals surface area contributed by atoms with Crippen LogP contribution in [-0.2, 0) is 4.74 Å². The number of rotatable bonds is 3. The number of nitrogens with one attached hydrogen (secondary N) is 1. The van der Waals surface area contributed by atoms with Gasteiger partial charge in [-0.1, -0.05) is 6.42 Å². The molecule has 0 saturated carbocycles. The van der Waals surface area contributed by atoms with E-state index >= 15 is 0 Å². The predicted octanol–water partition coefficient (Wildman–Crippen LogP) is 2.36. The molecule has 0 aromatic carbocycles. The number of hydrogen-bond acceptors (Lipinski definition) is 3. The van der Waals surface area contributed by atoms with Gasteiger partial charge in [-0.05, 0) is 44.2 Å². The summed E-state index contributed by atoms with van der Waals surface area (Å²) in [7, 11) is 0. The van der Waals surface area contributed by atoms with Crippen LogP contribution in [0, 0.1) is 5.92 Å². The number of hydrogen-bond donors (Lipinski definition) is 1. The second-order valence-corrected chi connectivity index (χ2v) is 5.57. The van der Waals surface area contributed by atoms with E-state index in [1.807, 2.05) is 6.20 Å². The predicted molar refractivity (Wildman–Crippen MR) is 70.3 cm³/mol. The van der Waals surface area contributed by atoms with Crippen LogP contribution in [0.25, 0.3) is 0 Å². The molecule has 0 amide bonds. The Labute approximate surface area is 109 Å².